The average Bonchev–Trinajstić information content (AvgIpc) is 3.24. The van der Waals surface area contributed by atoms with E-state index in [-0.39, 0.29) is 11.5 Å². The predicted molar refractivity (Wildman–Crippen MR) is 117 cm³/mol. The van der Waals surface area contributed by atoms with Crippen LogP contribution in [-0.4, -0.2) is 58.0 Å². The normalized spacial score (nSPS) is 15.4. The highest BCUT2D eigenvalue weighted by Crippen LogP contribution is 2.13. The second-order valence-corrected chi connectivity index (χ2v) is 8.02. The number of carbonyl (C=O) groups is 1. The fourth-order valence-electron chi connectivity index (χ4n) is 3.51. The summed E-state index contributed by atoms with van der Waals surface area (Å²) in [4.78, 5) is 34.3. The van der Waals surface area contributed by atoms with Crippen molar-refractivity contribution in [2.45, 2.75) is 13.0 Å². The molecule has 0 unspecified atom stereocenters. The van der Waals surface area contributed by atoms with Crippen LogP contribution < -0.4 is 5.56 Å². The molecule has 1 aromatic carbocycles. The first kappa shape index (κ1) is 19.5. The van der Waals surface area contributed by atoms with Crippen LogP contribution in [0.3, 0.4) is 0 Å². The number of rotatable bonds is 6. The van der Waals surface area contributed by atoms with E-state index in [0.29, 0.717) is 18.4 Å². The van der Waals surface area contributed by atoms with E-state index in [0.717, 1.165) is 37.6 Å². The lowest BCUT2D eigenvalue weighted by Gasteiger charge is -2.34. The van der Waals surface area contributed by atoms with Crippen LogP contribution in [0.4, 0.5) is 0 Å². The Kier molecular flexibility index (Phi) is 6.17. The summed E-state index contributed by atoms with van der Waals surface area (Å²) >= 11 is 1.45. The number of hydrogen-bond donors (Lipinski definition) is 0. The number of thiophene rings is 1. The van der Waals surface area contributed by atoms with Gasteiger partial charge in [-0.2, -0.15) is 0 Å². The van der Waals surface area contributed by atoms with Crippen molar-refractivity contribution < 1.29 is 4.79 Å². The third-order valence-electron chi connectivity index (χ3n) is 5.22. The fourth-order valence-corrected chi connectivity index (χ4v) is 4.23. The van der Waals surface area contributed by atoms with Crippen molar-refractivity contribution in [3.8, 4) is 0 Å². The van der Waals surface area contributed by atoms with Crippen LogP contribution in [0.5, 0.6) is 0 Å². The molecule has 2 aromatic heterocycles. The fraction of sp³-hybridized carbons (Fsp3) is 0.318. The SMILES string of the molecule is O=C(CCn1cnc2sccc2c1=O)N1CCN(C/C=C/c2ccccc2)CC1. The van der Waals surface area contributed by atoms with Gasteiger partial charge < -0.3 is 4.90 Å². The van der Waals surface area contributed by atoms with E-state index >= 15 is 0 Å². The summed E-state index contributed by atoms with van der Waals surface area (Å²) < 4.78 is 1.54. The highest BCUT2D eigenvalue weighted by Gasteiger charge is 2.20. The van der Waals surface area contributed by atoms with Crippen molar-refractivity contribution in [1.82, 2.24) is 19.4 Å². The molecule has 3 aromatic rings. The molecule has 6 nitrogen and oxygen atoms in total. The molecule has 4 rings (SSSR count). The van der Waals surface area contributed by atoms with Gasteiger partial charge >= 0.3 is 0 Å². The lowest BCUT2D eigenvalue weighted by molar-refractivity contribution is -0.133. The van der Waals surface area contributed by atoms with E-state index in [1.165, 1.54) is 21.5 Å². The molecule has 0 bridgehead atoms. The monoisotopic (exact) mass is 408 g/mol. The van der Waals surface area contributed by atoms with E-state index in [9.17, 15) is 9.59 Å². The number of amides is 1. The Labute approximate surface area is 173 Å². The smallest absolute Gasteiger partial charge is 0.262 e. The summed E-state index contributed by atoms with van der Waals surface area (Å²) in [5, 5.41) is 2.49. The quantitative estimate of drug-likeness (QED) is 0.629. The van der Waals surface area contributed by atoms with Gasteiger partial charge in [0, 0.05) is 45.7 Å². The zero-order valence-corrected chi connectivity index (χ0v) is 17.1. The van der Waals surface area contributed by atoms with Gasteiger partial charge in [0.15, 0.2) is 0 Å². The summed E-state index contributed by atoms with van der Waals surface area (Å²) in [6.45, 7) is 4.46. The minimum absolute atomic E-state index is 0.0703. The van der Waals surface area contributed by atoms with Gasteiger partial charge in [-0.15, -0.1) is 11.3 Å². The highest BCUT2D eigenvalue weighted by atomic mass is 32.1. The number of nitrogens with zero attached hydrogens (tertiary/aromatic N) is 4. The largest absolute Gasteiger partial charge is 0.340 e. The average molecular weight is 409 g/mol. The Morgan fingerprint density at radius 3 is 2.69 bits per heavy atom. The van der Waals surface area contributed by atoms with Crippen LogP contribution in [0.15, 0.2) is 59.0 Å². The number of aromatic nitrogens is 2. The van der Waals surface area contributed by atoms with Gasteiger partial charge in [-0.05, 0) is 17.0 Å². The molecule has 0 saturated carbocycles. The lowest BCUT2D eigenvalue weighted by Crippen LogP contribution is -2.48. The molecule has 3 heterocycles. The Balaban J connectivity index is 1.24. The van der Waals surface area contributed by atoms with E-state index in [2.05, 4.69) is 34.2 Å². The second kappa shape index (κ2) is 9.15. The molecule has 0 radical (unpaired) electrons. The van der Waals surface area contributed by atoms with Gasteiger partial charge in [0.25, 0.3) is 5.56 Å². The van der Waals surface area contributed by atoms with Gasteiger partial charge in [0.1, 0.15) is 4.83 Å². The Bertz CT molecular complexity index is 1050. The number of benzene rings is 1. The van der Waals surface area contributed by atoms with Crippen molar-refractivity contribution in [2.24, 2.45) is 0 Å². The summed E-state index contributed by atoms with van der Waals surface area (Å²) in [7, 11) is 0. The van der Waals surface area contributed by atoms with Gasteiger partial charge in [-0.1, -0.05) is 42.5 Å². The van der Waals surface area contributed by atoms with E-state index in [1.54, 1.807) is 12.4 Å². The third kappa shape index (κ3) is 4.81. The molecule has 29 heavy (non-hydrogen) atoms. The molecule has 7 heteroatoms. The van der Waals surface area contributed by atoms with Gasteiger partial charge in [0.2, 0.25) is 5.91 Å². The topological polar surface area (TPSA) is 58.4 Å². The molecule has 1 fully saturated rings. The third-order valence-corrected chi connectivity index (χ3v) is 6.04. The van der Waals surface area contributed by atoms with Crippen LogP contribution >= 0.6 is 11.3 Å². The second-order valence-electron chi connectivity index (χ2n) is 7.13. The molecular weight excluding hydrogens is 384 g/mol. The van der Waals surface area contributed by atoms with Crippen molar-refractivity contribution in [1.29, 1.82) is 0 Å². The van der Waals surface area contributed by atoms with Crippen LogP contribution in [-0.2, 0) is 11.3 Å². The van der Waals surface area contributed by atoms with Gasteiger partial charge in [-0.25, -0.2) is 4.98 Å². The minimum Gasteiger partial charge on any atom is -0.340 e. The van der Waals surface area contributed by atoms with Crippen molar-refractivity contribution in [3.63, 3.8) is 0 Å². The molecule has 1 amide bonds. The molecule has 1 aliphatic rings. The summed E-state index contributed by atoms with van der Waals surface area (Å²) in [6, 6.07) is 12.0. The maximum absolute atomic E-state index is 12.6. The Morgan fingerprint density at radius 1 is 1.10 bits per heavy atom. The number of aryl methyl sites for hydroxylation is 1. The molecule has 1 saturated heterocycles. The van der Waals surface area contributed by atoms with Crippen LogP contribution in [0.25, 0.3) is 16.3 Å². The first-order chi connectivity index (χ1) is 14.2. The Hall–Kier alpha value is -2.77. The maximum atomic E-state index is 12.6. The van der Waals surface area contributed by atoms with Crippen molar-refractivity contribution in [2.75, 3.05) is 32.7 Å². The maximum Gasteiger partial charge on any atom is 0.262 e. The number of carbonyl (C=O) groups excluding carboxylic acids is 1. The van der Waals surface area contributed by atoms with Crippen molar-refractivity contribution >= 4 is 33.5 Å². The minimum atomic E-state index is -0.0703. The molecule has 1 aliphatic heterocycles. The molecule has 0 N–H and O–H groups in total. The molecule has 0 spiro atoms. The zero-order valence-electron chi connectivity index (χ0n) is 16.2. The van der Waals surface area contributed by atoms with Gasteiger partial charge in [0.05, 0.1) is 11.7 Å². The first-order valence-corrected chi connectivity index (χ1v) is 10.7. The standard InChI is InChI=1S/C22H24N4O2S/c27-20(8-11-26-17-23-21-19(22(26)28)9-16-29-21)25-14-12-24(13-15-25)10-4-7-18-5-2-1-3-6-18/h1-7,9,16-17H,8,10-15H2/b7-4+. The first-order valence-electron chi connectivity index (χ1n) is 9.85. The number of fused-ring (bicyclic) bond motifs is 1. The van der Waals surface area contributed by atoms with Gasteiger partial charge in [-0.3, -0.25) is 19.1 Å². The van der Waals surface area contributed by atoms with Crippen molar-refractivity contribution in [3.05, 3.63) is 70.1 Å². The van der Waals surface area contributed by atoms with Crippen LogP contribution in [0.1, 0.15) is 12.0 Å². The highest BCUT2D eigenvalue weighted by molar-refractivity contribution is 7.16. The molecular formula is C22H24N4O2S. The Morgan fingerprint density at radius 2 is 1.90 bits per heavy atom. The lowest BCUT2D eigenvalue weighted by atomic mass is 10.2. The summed E-state index contributed by atoms with van der Waals surface area (Å²) in [5.41, 5.74) is 1.13. The number of hydrogen-bond acceptors (Lipinski definition) is 5. The summed E-state index contributed by atoms with van der Waals surface area (Å²) in [6.07, 6.45) is 6.18. The molecule has 0 aliphatic carbocycles. The van der Waals surface area contributed by atoms with E-state index in [1.807, 2.05) is 28.5 Å². The van der Waals surface area contributed by atoms with E-state index in [4.69, 9.17) is 0 Å². The summed E-state index contributed by atoms with van der Waals surface area (Å²) in [5.74, 6) is 0.0989. The zero-order chi connectivity index (χ0) is 20.1. The van der Waals surface area contributed by atoms with Crippen LogP contribution in [0, 0.1) is 0 Å². The predicted octanol–water partition coefficient (Wildman–Crippen LogP) is 2.71. The number of piperazine rings is 1. The van der Waals surface area contributed by atoms with E-state index < -0.39 is 0 Å². The molecule has 0 atom stereocenters. The van der Waals surface area contributed by atoms with Crippen LogP contribution in [0.2, 0.25) is 0 Å². The molecule has 150 valence electrons.